The number of carbonyl (C=O) groups is 1. The monoisotopic (exact) mass is 289 g/mol. The second-order valence-corrected chi connectivity index (χ2v) is 6.88. The van der Waals surface area contributed by atoms with E-state index in [2.05, 4.69) is 31.0 Å². The Balaban J connectivity index is 2.14. The molecule has 2 N–H and O–H groups in total. The van der Waals surface area contributed by atoms with E-state index < -0.39 is 5.54 Å². The highest BCUT2D eigenvalue weighted by Crippen LogP contribution is 2.46. The molecule has 5 heteroatoms. The van der Waals surface area contributed by atoms with Crippen molar-refractivity contribution in [3.05, 3.63) is 29.8 Å². The summed E-state index contributed by atoms with van der Waals surface area (Å²) in [6.07, 6.45) is 0.836. The lowest BCUT2D eigenvalue weighted by Gasteiger charge is -2.42. The molecule has 2 heterocycles. The molecular formula is C15H19N3OS. The molecule has 0 aromatic heterocycles. The molecule has 2 aliphatic heterocycles. The van der Waals surface area contributed by atoms with Crippen molar-refractivity contribution in [2.45, 2.75) is 30.7 Å². The van der Waals surface area contributed by atoms with E-state index in [-0.39, 0.29) is 6.03 Å². The van der Waals surface area contributed by atoms with Gasteiger partial charge in [0.05, 0.1) is 0 Å². The van der Waals surface area contributed by atoms with Gasteiger partial charge in [0, 0.05) is 17.2 Å². The summed E-state index contributed by atoms with van der Waals surface area (Å²) in [6, 6.07) is 8.02. The fraction of sp³-hybridized carbons (Fsp3) is 0.467. The number of amidine groups is 1. The van der Waals surface area contributed by atoms with Crippen molar-refractivity contribution < 1.29 is 4.79 Å². The van der Waals surface area contributed by atoms with Crippen molar-refractivity contribution in [1.29, 1.82) is 0 Å². The molecule has 1 aromatic carbocycles. The molecule has 1 unspecified atom stereocenters. The number of fused-ring (bicyclic) bond motifs is 2. The fourth-order valence-corrected chi connectivity index (χ4v) is 4.27. The maximum atomic E-state index is 12.3. The lowest BCUT2D eigenvalue weighted by atomic mass is 9.84. The second-order valence-electron chi connectivity index (χ2n) is 5.74. The number of rotatable bonds is 2. The first-order chi connectivity index (χ1) is 9.55. The molecular weight excluding hydrogens is 270 g/mol. The van der Waals surface area contributed by atoms with Crippen molar-refractivity contribution in [3.8, 4) is 0 Å². The molecule has 1 spiro atoms. The molecule has 1 aromatic rings. The number of nitrogens with two attached hydrogens (primary N) is 1. The van der Waals surface area contributed by atoms with E-state index in [1.807, 2.05) is 28.8 Å². The minimum absolute atomic E-state index is 0.196. The van der Waals surface area contributed by atoms with Crippen LogP contribution < -0.4 is 5.73 Å². The standard InChI is InChI=1S/C15H19N3OS/c1-10(2)9-18-14(19)17-13(16)15(18)7-8-20-12-6-4-3-5-11(12)15/h3-6,10H,7-9H2,1-2H3,(H2,16,17,19). The van der Waals surface area contributed by atoms with Crippen LogP contribution in [0.3, 0.4) is 0 Å². The van der Waals surface area contributed by atoms with Gasteiger partial charge in [0.1, 0.15) is 11.4 Å². The average Bonchev–Trinajstić information content (AvgIpc) is 2.64. The quantitative estimate of drug-likeness (QED) is 0.910. The molecule has 3 rings (SSSR count). The summed E-state index contributed by atoms with van der Waals surface area (Å²) in [5.41, 5.74) is 6.80. The highest BCUT2D eigenvalue weighted by molar-refractivity contribution is 7.99. The van der Waals surface area contributed by atoms with E-state index in [4.69, 9.17) is 5.73 Å². The van der Waals surface area contributed by atoms with E-state index in [0.717, 1.165) is 17.7 Å². The zero-order chi connectivity index (χ0) is 14.3. The van der Waals surface area contributed by atoms with Gasteiger partial charge in [-0.25, -0.2) is 4.79 Å². The van der Waals surface area contributed by atoms with Crippen LogP contribution in [-0.4, -0.2) is 29.1 Å². The molecule has 1 atom stereocenters. The van der Waals surface area contributed by atoms with Crippen molar-refractivity contribution in [1.82, 2.24) is 4.90 Å². The van der Waals surface area contributed by atoms with E-state index >= 15 is 0 Å². The van der Waals surface area contributed by atoms with Gasteiger partial charge in [-0.15, -0.1) is 11.8 Å². The third kappa shape index (κ3) is 1.84. The molecule has 2 amide bonds. The van der Waals surface area contributed by atoms with Gasteiger partial charge in [0.25, 0.3) is 0 Å². The Morgan fingerprint density at radius 1 is 1.45 bits per heavy atom. The number of carbonyl (C=O) groups excluding carboxylic acids is 1. The van der Waals surface area contributed by atoms with Gasteiger partial charge < -0.3 is 10.6 Å². The number of benzene rings is 1. The van der Waals surface area contributed by atoms with Crippen LogP contribution in [-0.2, 0) is 5.54 Å². The predicted octanol–water partition coefficient (Wildman–Crippen LogP) is 2.83. The third-order valence-electron chi connectivity index (χ3n) is 3.93. The van der Waals surface area contributed by atoms with Gasteiger partial charge in [-0.3, -0.25) is 0 Å². The summed E-state index contributed by atoms with van der Waals surface area (Å²) in [5, 5.41) is 0. The molecule has 106 valence electrons. The highest BCUT2D eigenvalue weighted by atomic mass is 32.2. The zero-order valence-electron chi connectivity index (χ0n) is 11.8. The Kier molecular flexibility index (Phi) is 3.24. The number of urea groups is 1. The van der Waals surface area contributed by atoms with Crippen LogP contribution in [0, 0.1) is 5.92 Å². The molecule has 0 saturated carbocycles. The lowest BCUT2D eigenvalue weighted by molar-refractivity contribution is 0.154. The van der Waals surface area contributed by atoms with Gasteiger partial charge in [-0.05, 0) is 24.0 Å². The lowest BCUT2D eigenvalue weighted by Crippen LogP contribution is -2.54. The maximum Gasteiger partial charge on any atom is 0.346 e. The Morgan fingerprint density at radius 3 is 2.95 bits per heavy atom. The third-order valence-corrected chi connectivity index (χ3v) is 5.01. The topological polar surface area (TPSA) is 58.7 Å². The van der Waals surface area contributed by atoms with E-state index in [0.29, 0.717) is 18.3 Å². The summed E-state index contributed by atoms with van der Waals surface area (Å²) in [5.74, 6) is 1.80. The smallest absolute Gasteiger partial charge is 0.346 e. The first-order valence-electron chi connectivity index (χ1n) is 6.94. The van der Waals surface area contributed by atoms with Gasteiger partial charge in [-0.2, -0.15) is 4.99 Å². The van der Waals surface area contributed by atoms with E-state index in [1.54, 1.807) is 0 Å². The predicted molar refractivity (Wildman–Crippen MR) is 82.0 cm³/mol. The Bertz CT molecular complexity index is 584. The highest BCUT2D eigenvalue weighted by Gasteiger charge is 2.51. The number of hydrogen-bond donors (Lipinski definition) is 1. The van der Waals surface area contributed by atoms with Crippen LogP contribution >= 0.6 is 11.8 Å². The van der Waals surface area contributed by atoms with Crippen molar-refractivity contribution in [2.24, 2.45) is 16.6 Å². The SMILES string of the molecule is CC(C)CN1C(=O)N=C(N)C12CCSc1ccccc12. The molecule has 0 saturated heterocycles. The van der Waals surface area contributed by atoms with Gasteiger partial charge in [0.2, 0.25) is 0 Å². The van der Waals surface area contributed by atoms with E-state index in [1.165, 1.54) is 4.90 Å². The summed E-state index contributed by atoms with van der Waals surface area (Å²) in [4.78, 5) is 19.4. The van der Waals surface area contributed by atoms with Gasteiger partial charge in [0.15, 0.2) is 0 Å². The zero-order valence-corrected chi connectivity index (χ0v) is 12.6. The number of aliphatic imine (C=N–C) groups is 1. The van der Waals surface area contributed by atoms with Crippen molar-refractivity contribution in [3.63, 3.8) is 0 Å². The number of hydrogen-bond acceptors (Lipinski definition) is 3. The summed E-state index contributed by atoms with van der Waals surface area (Å²) < 4.78 is 0. The maximum absolute atomic E-state index is 12.3. The van der Waals surface area contributed by atoms with Crippen molar-refractivity contribution in [2.75, 3.05) is 12.3 Å². The van der Waals surface area contributed by atoms with Crippen LogP contribution in [0.5, 0.6) is 0 Å². The number of thioether (sulfide) groups is 1. The minimum Gasteiger partial charge on any atom is -0.385 e. The first kappa shape index (κ1) is 13.5. The average molecular weight is 289 g/mol. The Labute approximate surface area is 123 Å². The Morgan fingerprint density at radius 2 is 2.20 bits per heavy atom. The largest absolute Gasteiger partial charge is 0.385 e. The van der Waals surface area contributed by atoms with Gasteiger partial charge >= 0.3 is 6.03 Å². The Hall–Kier alpha value is -1.49. The summed E-state index contributed by atoms with van der Waals surface area (Å²) in [6.45, 7) is 4.90. The molecule has 4 nitrogen and oxygen atoms in total. The number of amides is 2. The van der Waals surface area contributed by atoms with Gasteiger partial charge in [-0.1, -0.05) is 32.0 Å². The minimum atomic E-state index is -0.525. The van der Waals surface area contributed by atoms with E-state index in [9.17, 15) is 4.79 Å². The molecule has 20 heavy (non-hydrogen) atoms. The first-order valence-corrected chi connectivity index (χ1v) is 7.93. The van der Waals surface area contributed by atoms with Crippen LogP contribution in [0.4, 0.5) is 4.79 Å². The number of nitrogens with zero attached hydrogens (tertiary/aromatic N) is 2. The molecule has 0 bridgehead atoms. The van der Waals surface area contributed by atoms with Crippen LogP contribution in [0.15, 0.2) is 34.2 Å². The molecule has 0 fully saturated rings. The van der Waals surface area contributed by atoms with Crippen LogP contribution in [0.2, 0.25) is 0 Å². The molecule has 2 aliphatic rings. The fourth-order valence-electron chi connectivity index (χ4n) is 3.08. The van der Waals surface area contributed by atoms with Crippen molar-refractivity contribution >= 4 is 23.6 Å². The molecule has 0 aliphatic carbocycles. The van der Waals surface area contributed by atoms with Crippen LogP contribution in [0.25, 0.3) is 0 Å². The summed E-state index contributed by atoms with van der Waals surface area (Å²) >= 11 is 1.83. The van der Waals surface area contributed by atoms with Crippen LogP contribution in [0.1, 0.15) is 25.8 Å². The second kappa shape index (κ2) is 4.81. The normalized spacial score (nSPS) is 25.2. The molecule has 0 radical (unpaired) electrons. The summed E-state index contributed by atoms with van der Waals surface area (Å²) in [7, 11) is 0.